The molecular formula is C25H25BrFN3O5. The van der Waals surface area contributed by atoms with Gasteiger partial charge in [-0.15, -0.1) is 0 Å². The summed E-state index contributed by atoms with van der Waals surface area (Å²) >= 11 is 3.17. The van der Waals surface area contributed by atoms with Crippen molar-refractivity contribution in [2.75, 3.05) is 11.9 Å². The highest BCUT2D eigenvalue weighted by Gasteiger charge is 2.26. The molecular weight excluding hydrogens is 521 g/mol. The Labute approximate surface area is 210 Å². The highest BCUT2D eigenvalue weighted by atomic mass is 79.9. The number of hydrogen-bond donors (Lipinski definition) is 1. The van der Waals surface area contributed by atoms with Crippen molar-refractivity contribution in [1.29, 1.82) is 0 Å². The average molecular weight is 546 g/mol. The van der Waals surface area contributed by atoms with E-state index < -0.39 is 29.3 Å². The van der Waals surface area contributed by atoms with Gasteiger partial charge in [-0.2, -0.15) is 0 Å². The van der Waals surface area contributed by atoms with E-state index in [0.717, 1.165) is 0 Å². The number of carbonyl (C=O) groups is 2. The van der Waals surface area contributed by atoms with Gasteiger partial charge in [0.1, 0.15) is 18.8 Å². The van der Waals surface area contributed by atoms with E-state index in [1.54, 1.807) is 51.1 Å². The number of esters is 2. The molecule has 184 valence electrons. The van der Waals surface area contributed by atoms with Crippen LogP contribution in [-0.4, -0.2) is 34.6 Å². The number of ether oxygens (including phenoxy) is 3. The minimum atomic E-state index is -0.790. The zero-order valence-corrected chi connectivity index (χ0v) is 21.3. The van der Waals surface area contributed by atoms with Crippen LogP contribution in [0.3, 0.4) is 0 Å². The van der Waals surface area contributed by atoms with Crippen LogP contribution in [0.1, 0.15) is 27.7 Å². The third-order valence-electron chi connectivity index (χ3n) is 4.70. The third kappa shape index (κ3) is 6.54. The summed E-state index contributed by atoms with van der Waals surface area (Å²) in [5.41, 5.74) is -0.143. The second kappa shape index (κ2) is 10.8. The molecule has 0 spiro atoms. The van der Waals surface area contributed by atoms with Gasteiger partial charge in [0.15, 0.2) is 23.4 Å². The van der Waals surface area contributed by atoms with Crippen LogP contribution in [0.15, 0.2) is 53.8 Å². The normalized spacial score (nSPS) is 12.1. The van der Waals surface area contributed by atoms with Crippen LogP contribution in [0.5, 0.6) is 11.5 Å². The monoisotopic (exact) mass is 545 g/mol. The predicted octanol–water partition coefficient (Wildman–Crippen LogP) is 5.72. The molecule has 1 unspecified atom stereocenters. The molecule has 1 heterocycles. The summed E-state index contributed by atoms with van der Waals surface area (Å²) in [4.78, 5) is 32.5. The molecule has 0 bridgehead atoms. The van der Waals surface area contributed by atoms with Gasteiger partial charge in [0, 0.05) is 18.4 Å². The Morgan fingerprint density at radius 3 is 2.63 bits per heavy atom. The van der Waals surface area contributed by atoms with Crippen LogP contribution in [0.25, 0.3) is 10.9 Å². The van der Waals surface area contributed by atoms with Crippen molar-refractivity contribution in [3.63, 3.8) is 0 Å². The first-order chi connectivity index (χ1) is 16.5. The molecule has 1 atom stereocenters. The maximum Gasteiger partial charge on any atom is 0.316 e. The number of fused-ring (bicyclic) bond motifs is 1. The van der Waals surface area contributed by atoms with Gasteiger partial charge < -0.3 is 19.5 Å². The lowest BCUT2D eigenvalue weighted by Gasteiger charge is -2.20. The Hall–Kier alpha value is -3.53. The van der Waals surface area contributed by atoms with Crippen molar-refractivity contribution < 1.29 is 28.2 Å². The molecule has 3 rings (SSSR count). The maximum absolute atomic E-state index is 14.5. The van der Waals surface area contributed by atoms with Gasteiger partial charge >= 0.3 is 11.9 Å². The fourth-order valence-corrected chi connectivity index (χ4v) is 3.24. The Balaban J connectivity index is 2.04. The molecule has 0 aliphatic carbocycles. The summed E-state index contributed by atoms with van der Waals surface area (Å²) in [6, 6.07) is 7.94. The second-order valence-corrected chi connectivity index (χ2v) is 9.45. The van der Waals surface area contributed by atoms with Crippen LogP contribution < -0.4 is 14.8 Å². The van der Waals surface area contributed by atoms with E-state index in [1.165, 1.54) is 19.3 Å². The van der Waals surface area contributed by atoms with Crippen molar-refractivity contribution in [3.8, 4) is 11.5 Å². The minimum absolute atomic E-state index is 0.0614. The Bertz CT molecular complexity index is 1280. The third-order valence-corrected chi connectivity index (χ3v) is 5.32. The van der Waals surface area contributed by atoms with Gasteiger partial charge in [0.05, 0.1) is 21.1 Å². The zero-order valence-electron chi connectivity index (χ0n) is 19.7. The second-order valence-electron chi connectivity index (χ2n) is 8.60. The molecule has 10 heteroatoms. The summed E-state index contributed by atoms with van der Waals surface area (Å²) in [7, 11) is 0. The van der Waals surface area contributed by atoms with Gasteiger partial charge in [-0.25, -0.2) is 14.4 Å². The van der Waals surface area contributed by atoms with Crippen LogP contribution in [-0.2, 0) is 14.3 Å². The lowest BCUT2D eigenvalue weighted by Crippen LogP contribution is -2.26. The van der Waals surface area contributed by atoms with E-state index in [9.17, 15) is 14.0 Å². The van der Waals surface area contributed by atoms with Crippen LogP contribution in [0.2, 0.25) is 0 Å². The number of rotatable bonds is 8. The molecule has 0 saturated carbocycles. The molecule has 3 aromatic rings. The summed E-state index contributed by atoms with van der Waals surface area (Å²) in [5.74, 6) is -0.857. The van der Waals surface area contributed by atoms with Gasteiger partial charge in [-0.3, -0.25) is 9.59 Å². The smallest absolute Gasteiger partial charge is 0.316 e. The van der Waals surface area contributed by atoms with Crippen molar-refractivity contribution in [3.05, 3.63) is 59.6 Å². The molecule has 0 aliphatic rings. The predicted molar refractivity (Wildman–Crippen MR) is 133 cm³/mol. The van der Waals surface area contributed by atoms with Crippen molar-refractivity contribution >= 4 is 50.3 Å². The number of nitrogens with one attached hydrogen (secondary N) is 1. The number of hydrogen-bond acceptors (Lipinski definition) is 8. The quantitative estimate of drug-likeness (QED) is 0.218. The molecule has 35 heavy (non-hydrogen) atoms. The van der Waals surface area contributed by atoms with E-state index >= 15 is 0 Å². The molecule has 0 saturated heterocycles. The van der Waals surface area contributed by atoms with E-state index in [0.29, 0.717) is 21.2 Å². The maximum atomic E-state index is 14.5. The van der Waals surface area contributed by atoms with Crippen LogP contribution in [0.4, 0.5) is 15.9 Å². The molecule has 1 N–H and O–H groups in total. The number of nitrogens with zero attached hydrogens (tertiary/aromatic N) is 2. The largest absolute Gasteiger partial charge is 0.485 e. The van der Waals surface area contributed by atoms with Crippen molar-refractivity contribution in [2.45, 2.75) is 33.8 Å². The lowest BCUT2D eigenvalue weighted by molar-refractivity contribution is -0.145. The zero-order chi connectivity index (χ0) is 25.8. The van der Waals surface area contributed by atoms with E-state index in [-0.39, 0.29) is 23.8 Å². The Morgan fingerprint density at radius 2 is 1.97 bits per heavy atom. The molecule has 8 nitrogen and oxygen atoms in total. The first-order valence-corrected chi connectivity index (χ1v) is 11.4. The van der Waals surface area contributed by atoms with Crippen LogP contribution in [0, 0.1) is 11.2 Å². The average Bonchev–Trinajstić information content (AvgIpc) is 2.79. The lowest BCUT2D eigenvalue weighted by atomic mass is 9.97. The number of anilines is 2. The topological polar surface area (TPSA) is 99.6 Å². The summed E-state index contributed by atoms with van der Waals surface area (Å²) in [6.07, 6.45) is 2.04. The summed E-state index contributed by atoms with van der Waals surface area (Å²) < 4.78 is 31.4. The fourth-order valence-electron chi connectivity index (χ4n) is 2.87. The van der Waals surface area contributed by atoms with E-state index in [1.807, 2.05) is 0 Å². The summed E-state index contributed by atoms with van der Waals surface area (Å²) in [6.45, 7) is 10.0. The Morgan fingerprint density at radius 1 is 1.23 bits per heavy atom. The molecule has 0 amide bonds. The fraction of sp³-hybridized carbons (Fsp3) is 0.280. The Kier molecular flexibility index (Phi) is 8.06. The molecule has 0 radical (unpaired) electrons. The highest BCUT2D eigenvalue weighted by molar-refractivity contribution is 9.10. The van der Waals surface area contributed by atoms with E-state index in [4.69, 9.17) is 14.2 Å². The molecule has 0 fully saturated rings. The summed E-state index contributed by atoms with van der Waals surface area (Å²) in [5, 5.41) is 3.43. The van der Waals surface area contributed by atoms with Crippen LogP contribution >= 0.6 is 15.9 Å². The van der Waals surface area contributed by atoms with Crippen molar-refractivity contribution in [1.82, 2.24) is 9.97 Å². The standard InChI is InChI=1S/C25H25BrFN3O5/c1-6-15(34-14(2)31)12-33-20-11-19-16(10-21(20)35-24(32)25(3,4)5)23(29-13-28-19)30-18-9-7-8-17(26)22(18)27/h6-11,13,15H,1,12H2,2-5H3,(H,28,29,30). The van der Waals surface area contributed by atoms with Crippen molar-refractivity contribution in [2.24, 2.45) is 5.41 Å². The van der Waals surface area contributed by atoms with Gasteiger partial charge in [0.2, 0.25) is 0 Å². The first kappa shape index (κ1) is 26.1. The number of benzene rings is 2. The van der Waals surface area contributed by atoms with E-state index in [2.05, 4.69) is 37.8 Å². The highest BCUT2D eigenvalue weighted by Crippen LogP contribution is 2.37. The number of aromatic nitrogens is 2. The minimum Gasteiger partial charge on any atom is -0.485 e. The van der Waals surface area contributed by atoms with Gasteiger partial charge in [-0.05, 0) is 61.0 Å². The molecule has 0 aliphatic heterocycles. The number of carbonyl (C=O) groups excluding carboxylic acids is 2. The first-order valence-electron chi connectivity index (χ1n) is 10.6. The van der Waals surface area contributed by atoms with Gasteiger partial charge in [-0.1, -0.05) is 12.6 Å². The SMILES string of the molecule is C=CC(COc1cc2ncnc(Nc3cccc(Br)c3F)c2cc1OC(=O)C(C)(C)C)OC(C)=O. The number of halogens is 2. The molecule has 1 aromatic heterocycles. The molecule has 2 aromatic carbocycles. The van der Waals surface area contributed by atoms with Gasteiger partial charge in [0.25, 0.3) is 0 Å².